The van der Waals surface area contributed by atoms with Crippen molar-refractivity contribution in [2.45, 2.75) is 31.7 Å². The quantitative estimate of drug-likeness (QED) is 0.755. The van der Waals surface area contributed by atoms with Gasteiger partial charge in [-0.05, 0) is 44.2 Å². The third kappa shape index (κ3) is 4.08. The summed E-state index contributed by atoms with van der Waals surface area (Å²) in [4.78, 5) is 11.8. The summed E-state index contributed by atoms with van der Waals surface area (Å²) < 4.78 is 13.6. The van der Waals surface area contributed by atoms with E-state index in [1.165, 1.54) is 6.07 Å². The minimum Gasteiger partial charge on any atom is -0.394 e. The lowest BCUT2D eigenvalue weighted by Crippen LogP contribution is -2.54. The van der Waals surface area contributed by atoms with E-state index in [0.29, 0.717) is 22.9 Å². The van der Waals surface area contributed by atoms with Gasteiger partial charge in [0.05, 0.1) is 12.1 Å². The fourth-order valence-electron chi connectivity index (χ4n) is 2.37. The molecule has 0 heterocycles. The number of hydrogen-bond donors (Lipinski definition) is 3. The first-order valence-corrected chi connectivity index (χ1v) is 7.44. The maximum Gasteiger partial charge on any atom is 0.315 e. The molecule has 1 unspecified atom stereocenters. The maximum atomic E-state index is 13.6. The highest BCUT2D eigenvalue weighted by atomic mass is 35.5. The lowest BCUT2D eigenvalue weighted by Gasteiger charge is -2.28. The lowest BCUT2D eigenvalue weighted by molar-refractivity contribution is 0.155. The fraction of sp³-hybridized carbons (Fsp3) is 0.533. The van der Waals surface area contributed by atoms with Crippen LogP contribution >= 0.6 is 11.6 Å². The molecule has 1 aromatic carbocycles. The van der Waals surface area contributed by atoms with Gasteiger partial charge in [0.15, 0.2) is 0 Å². The van der Waals surface area contributed by atoms with Gasteiger partial charge in [0, 0.05) is 17.1 Å². The Morgan fingerprint density at radius 2 is 2.24 bits per heavy atom. The van der Waals surface area contributed by atoms with E-state index in [9.17, 15) is 14.3 Å². The zero-order valence-electron chi connectivity index (χ0n) is 12.0. The van der Waals surface area contributed by atoms with Gasteiger partial charge in [0.25, 0.3) is 0 Å². The fourth-order valence-corrected chi connectivity index (χ4v) is 2.62. The van der Waals surface area contributed by atoms with Crippen molar-refractivity contribution in [3.05, 3.63) is 34.6 Å². The second kappa shape index (κ2) is 6.62. The van der Waals surface area contributed by atoms with Crippen molar-refractivity contribution in [2.24, 2.45) is 5.92 Å². The van der Waals surface area contributed by atoms with E-state index >= 15 is 0 Å². The Bertz CT molecular complexity index is 502. The highest BCUT2D eigenvalue weighted by molar-refractivity contribution is 6.31. The van der Waals surface area contributed by atoms with Crippen LogP contribution in [0.2, 0.25) is 5.02 Å². The summed E-state index contributed by atoms with van der Waals surface area (Å²) >= 11 is 5.92. The molecule has 116 valence electrons. The number of aliphatic hydroxyl groups is 1. The Morgan fingerprint density at radius 1 is 1.52 bits per heavy atom. The van der Waals surface area contributed by atoms with Gasteiger partial charge in [-0.25, -0.2) is 9.18 Å². The number of benzene rings is 1. The molecule has 3 N–H and O–H groups in total. The van der Waals surface area contributed by atoms with Crippen molar-refractivity contribution < 1.29 is 14.3 Å². The molecule has 2 rings (SSSR count). The summed E-state index contributed by atoms with van der Waals surface area (Å²) in [6.45, 7) is 2.01. The molecule has 1 fully saturated rings. The van der Waals surface area contributed by atoms with Crippen molar-refractivity contribution in [3.63, 3.8) is 0 Å². The van der Waals surface area contributed by atoms with Crippen LogP contribution in [0, 0.1) is 11.7 Å². The smallest absolute Gasteiger partial charge is 0.315 e. The Kier molecular flexibility index (Phi) is 5.06. The number of hydrogen-bond acceptors (Lipinski definition) is 2. The van der Waals surface area contributed by atoms with Crippen LogP contribution in [0.25, 0.3) is 0 Å². The van der Waals surface area contributed by atoms with Crippen LogP contribution in [-0.2, 0) is 6.42 Å². The summed E-state index contributed by atoms with van der Waals surface area (Å²) in [7, 11) is 0. The number of amides is 2. The van der Waals surface area contributed by atoms with Gasteiger partial charge in [0.1, 0.15) is 5.82 Å². The van der Waals surface area contributed by atoms with Crippen molar-refractivity contribution in [1.82, 2.24) is 10.6 Å². The van der Waals surface area contributed by atoms with E-state index < -0.39 is 5.54 Å². The molecule has 0 aliphatic heterocycles. The SMILES string of the molecule is CC(CO)(NC(=O)NCCc1c(F)cccc1Cl)C1CC1. The van der Waals surface area contributed by atoms with E-state index in [1.807, 2.05) is 6.92 Å². The molecular formula is C15H20ClFN2O2. The number of aliphatic hydroxyl groups excluding tert-OH is 1. The third-order valence-electron chi connectivity index (χ3n) is 3.93. The number of rotatable bonds is 6. The summed E-state index contributed by atoms with van der Waals surface area (Å²) in [5.74, 6) is -0.0443. The molecule has 0 saturated heterocycles. The second-order valence-electron chi connectivity index (χ2n) is 5.68. The van der Waals surface area contributed by atoms with Gasteiger partial charge < -0.3 is 15.7 Å². The van der Waals surface area contributed by atoms with Gasteiger partial charge in [-0.15, -0.1) is 0 Å². The normalized spacial score (nSPS) is 17.1. The first-order valence-electron chi connectivity index (χ1n) is 7.06. The van der Waals surface area contributed by atoms with Crippen LogP contribution < -0.4 is 10.6 Å². The zero-order chi connectivity index (χ0) is 15.5. The molecule has 0 radical (unpaired) electrons. The highest BCUT2D eigenvalue weighted by Crippen LogP contribution is 2.39. The average molecular weight is 315 g/mol. The maximum absolute atomic E-state index is 13.6. The summed E-state index contributed by atoms with van der Waals surface area (Å²) in [5.41, 5.74) is -0.189. The Balaban J connectivity index is 1.82. The van der Waals surface area contributed by atoms with Crippen LogP contribution in [-0.4, -0.2) is 29.8 Å². The predicted octanol–water partition coefficient (Wildman–Crippen LogP) is 2.48. The molecule has 1 saturated carbocycles. The van der Waals surface area contributed by atoms with Gasteiger partial charge in [0.2, 0.25) is 0 Å². The second-order valence-corrected chi connectivity index (χ2v) is 6.09. The van der Waals surface area contributed by atoms with Crippen LogP contribution in [0.15, 0.2) is 18.2 Å². The molecule has 1 aliphatic rings. The standard InChI is InChI=1S/C15H20ClFN2O2/c1-15(9-20,10-5-6-10)19-14(21)18-8-7-11-12(16)3-2-4-13(11)17/h2-4,10,20H,5-9H2,1H3,(H2,18,19,21). The predicted molar refractivity (Wildman–Crippen MR) is 79.9 cm³/mol. The molecule has 2 amide bonds. The number of nitrogens with one attached hydrogen (secondary N) is 2. The van der Waals surface area contributed by atoms with Gasteiger partial charge in [-0.2, -0.15) is 0 Å². The summed E-state index contributed by atoms with van der Waals surface area (Å²) in [6, 6.07) is 4.16. The van der Waals surface area contributed by atoms with Gasteiger partial charge in [-0.1, -0.05) is 17.7 Å². The topological polar surface area (TPSA) is 61.4 Å². The zero-order valence-corrected chi connectivity index (χ0v) is 12.7. The summed E-state index contributed by atoms with van der Waals surface area (Å²) in [5, 5.41) is 15.2. The molecule has 0 bridgehead atoms. The van der Waals surface area contributed by atoms with E-state index in [4.69, 9.17) is 11.6 Å². The van der Waals surface area contributed by atoms with Gasteiger partial charge >= 0.3 is 6.03 Å². The minimum absolute atomic E-state index is 0.0930. The van der Waals surface area contributed by atoms with Crippen molar-refractivity contribution >= 4 is 17.6 Å². The molecule has 21 heavy (non-hydrogen) atoms. The molecule has 1 aromatic rings. The van der Waals surface area contributed by atoms with E-state index in [2.05, 4.69) is 10.6 Å². The molecule has 0 spiro atoms. The first-order chi connectivity index (χ1) is 9.96. The Labute approximate surface area is 128 Å². The first kappa shape index (κ1) is 16.0. The van der Waals surface area contributed by atoms with Crippen LogP contribution in [0.3, 0.4) is 0 Å². The van der Waals surface area contributed by atoms with Gasteiger partial charge in [-0.3, -0.25) is 0 Å². The van der Waals surface area contributed by atoms with E-state index in [0.717, 1.165) is 12.8 Å². The van der Waals surface area contributed by atoms with Crippen LogP contribution in [0.4, 0.5) is 9.18 Å². The number of carbonyl (C=O) groups excluding carboxylic acids is 1. The van der Waals surface area contributed by atoms with Crippen LogP contribution in [0.1, 0.15) is 25.3 Å². The van der Waals surface area contributed by atoms with Crippen molar-refractivity contribution in [1.29, 1.82) is 0 Å². The average Bonchev–Trinajstić information content (AvgIpc) is 3.27. The van der Waals surface area contributed by atoms with Crippen molar-refractivity contribution in [2.75, 3.05) is 13.2 Å². The van der Waals surface area contributed by atoms with Crippen LogP contribution in [0.5, 0.6) is 0 Å². The molecule has 1 atom stereocenters. The monoisotopic (exact) mass is 314 g/mol. The number of carbonyl (C=O) groups is 1. The minimum atomic E-state index is -0.584. The van der Waals surface area contributed by atoms with E-state index in [1.54, 1.807) is 12.1 Å². The highest BCUT2D eigenvalue weighted by Gasteiger charge is 2.42. The molecule has 1 aliphatic carbocycles. The molecule has 4 nitrogen and oxygen atoms in total. The molecule has 6 heteroatoms. The number of urea groups is 1. The summed E-state index contributed by atoms with van der Waals surface area (Å²) in [6.07, 6.45) is 2.35. The molecular weight excluding hydrogens is 295 g/mol. The largest absolute Gasteiger partial charge is 0.394 e. The Morgan fingerprint density at radius 3 is 2.81 bits per heavy atom. The van der Waals surface area contributed by atoms with E-state index in [-0.39, 0.29) is 25.0 Å². The lowest BCUT2D eigenvalue weighted by atomic mass is 9.97. The number of halogens is 2. The Hall–Kier alpha value is -1.33. The third-order valence-corrected chi connectivity index (χ3v) is 4.28. The molecule has 0 aromatic heterocycles. The van der Waals surface area contributed by atoms with Crippen molar-refractivity contribution in [3.8, 4) is 0 Å².